The minimum absolute atomic E-state index is 1.96. The Bertz CT molecular complexity index is 202. The fraction of sp³-hybridized carbons (Fsp3) is 0.500. The predicted octanol–water partition coefficient (Wildman–Crippen LogP) is 3.20. The van der Waals surface area contributed by atoms with Gasteiger partial charge in [0.05, 0.1) is 0 Å². The van der Waals surface area contributed by atoms with E-state index >= 15 is 0 Å². The number of halogens is 6. The fourth-order valence-electron chi connectivity index (χ4n) is 0.506. The molecule has 0 saturated heterocycles. The molecule has 1 nitrogen and oxygen atoms in total. The molecule has 1 aliphatic rings. The van der Waals surface area contributed by atoms with Crippen molar-refractivity contribution in [1.29, 1.82) is 0 Å². The molecule has 0 aromatic heterocycles. The zero-order valence-corrected chi connectivity index (χ0v) is 7.85. The lowest BCUT2D eigenvalue weighted by Gasteiger charge is -2.13. The zero-order chi connectivity index (χ0) is 8.86. The highest BCUT2D eigenvalue weighted by Crippen LogP contribution is 2.51. The first-order valence-corrected chi connectivity index (χ1v) is 3.88. The second kappa shape index (κ2) is 2.43. The maximum absolute atomic E-state index is 12.5. The first-order chi connectivity index (χ1) is 4.77. The predicted molar refractivity (Wildman–Crippen MR) is 35.9 cm³/mol. The minimum atomic E-state index is -3.21. The van der Waals surface area contributed by atoms with Gasteiger partial charge >= 0.3 is 9.53 Å². The first kappa shape index (κ1) is 9.47. The van der Waals surface area contributed by atoms with Gasteiger partial charge in [-0.2, -0.15) is 8.78 Å². The van der Waals surface area contributed by atoms with Gasteiger partial charge in [-0.3, -0.25) is 4.74 Å². The van der Waals surface area contributed by atoms with E-state index in [4.69, 9.17) is 0 Å². The Labute approximate surface area is 75.6 Å². The van der Waals surface area contributed by atoms with Crippen LogP contribution in [-0.4, -0.2) is 9.53 Å². The molecule has 0 aliphatic carbocycles. The summed E-state index contributed by atoms with van der Waals surface area (Å²) in [7, 11) is 0. The summed E-state index contributed by atoms with van der Waals surface area (Å²) in [5, 5.41) is 0. The molecule has 0 spiro atoms. The molecule has 0 unspecified atom stereocenters. The van der Waals surface area contributed by atoms with Crippen LogP contribution in [0.1, 0.15) is 0 Å². The molecule has 1 aliphatic heterocycles. The molecule has 0 amide bonds. The Morgan fingerprint density at radius 1 is 1.00 bits per heavy atom. The van der Waals surface area contributed by atoms with Crippen molar-refractivity contribution in [3.05, 3.63) is 11.7 Å². The molecule has 0 saturated carbocycles. The van der Waals surface area contributed by atoms with Gasteiger partial charge < -0.3 is 0 Å². The molecule has 0 bridgehead atoms. The van der Waals surface area contributed by atoms with E-state index in [1.165, 1.54) is 0 Å². The van der Waals surface area contributed by atoms with Gasteiger partial charge in [-0.1, -0.05) is 0 Å². The van der Waals surface area contributed by atoms with Crippen molar-refractivity contribution in [2.45, 2.75) is 9.53 Å². The summed E-state index contributed by atoms with van der Waals surface area (Å²) in [6, 6.07) is 0. The number of rotatable bonds is 0. The smallest absolute Gasteiger partial charge is 0.279 e. The first-order valence-electron chi connectivity index (χ1n) is 2.29. The monoisotopic (exact) mass is 298 g/mol. The van der Waals surface area contributed by atoms with Gasteiger partial charge in [0.25, 0.3) is 0 Å². The summed E-state index contributed by atoms with van der Waals surface area (Å²) >= 11 is 3.98. The summed E-state index contributed by atoms with van der Waals surface area (Å²) < 4.78 is 46.8. The Morgan fingerprint density at radius 3 is 1.36 bits per heavy atom. The van der Waals surface area contributed by atoms with Crippen LogP contribution in [0.25, 0.3) is 0 Å². The highest BCUT2D eigenvalue weighted by Gasteiger charge is 2.57. The summed E-state index contributed by atoms with van der Waals surface area (Å²) in [6.07, 6.45) is 0. The van der Waals surface area contributed by atoms with Crippen LogP contribution in [0.2, 0.25) is 0 Å². The van der Waals surface area contributed by atoms with Crippen LogP contribution in [0.3, 0.4) is 0 Å². The summed E-state index contributed by atoms with van der Waals surface area (Å²) in [5.74, 6) is -3.92. The van der Waals surface area contributed by atoms with Crippen LogP contribution in [0, 0.1) is 0 Å². The minimum Gasteiger partial charge on any atom is -0.279 e. The van der Waals surface area contributed by atoms with E-state index < -0.39 is 21.2 Å². The molecule has 0 aromatic carbocycles. The normalized spacial score (nSPS) is 45.3. The van der Waals surface area contributed by atoms with Gasteiger partial charge in [0.1, 0.15) is 0 Å². The number of alkyl halides is 4. The van der Waals surface area contributed by atoms with Crippen LogP contribution in [0.5, 0.6) is 0 Å². The van der Waals surface area contributed by atoms with E-state index in [0.717, 1.165) is 0 Å². The van der Waals surface area contributed by atoms with E-state index in [1.807, 2.05) is 31.9 Å². The van der Waals surface area contributed by atoms with Crippen molar-refractivity contribution in [2.24, 2.45) is 0 Å². The lowest BCUT2D eigenvalue weighted by molar-refractivity contribution is -0.124. The molecule has 11 heavy (non-hydrogen) atoms. The van der Waals surface area contributed by atoms with Gasteiger partial charge in [-0.25, -0.2) is 8.78 Å². The third-order valence-corrected chi connectivity index (χ3v) is 1.98. The topological polar surface area (TPSA) is 9.23 Å². The summed E-state index contributed by atoms with van der Waals surface area (Å²) in [6.45, 7) is 0. The molecule has 64 valence electrons. The van der Waals surface area contributed by atoms with Crippen molar-refractivity contribution in [1.82, 2.24) is 0 Å². The van der Waals surface area contributed by atoms with Crippen molar-refractivity contribution in [3.63, 3.8) is 0 Å². The Balaban J connectivity index is 3.09. The third kappa shape index (κ3) is 1.46. The van der Waals surface area contributed by atoms with Gasteiger partial charge in [0.2, 0.25) is 11.7 Å². The zero-order valence-electron chi connectivity index (χ0n) is 4.68. The molecule has 0 aromatic rings. The highest BCUT2D eigenvalue weighted by atomic mass is 79.9. The number of hydrogen-bond acceptors (Lipinski definition) is 1. The molecular formula is C4Br2F4O. The van der Waals surface area contributed by atoms with Gasteiger partial charge in [-0.05, 0) is 31.9 Å². The van der Waals surface area contributed by atoms with Crippen molar-refractivity contribution < 1.29 is 22.3 Å². The van der Waals surface area contributed by atoms with E-state index in [-0.39, 0.29) is 0 Å². The van der Waals surface area contributed by atoms with Gasteiger partial charge in [0.15, 0.2) is 0 Å². The van der Waals surface area contributed by atoms with Crippen LogP contribution >= 0.6 is 31.9 Å². The lowest BCUT2D eigenvalue weighted by atomic mass is 10.5. The highest BCUT2D eigenvalue weighted by molar-refractivity contribution is 9.10. The van der Waals surface area contributed by atoms with Gasteiger partial charge in [0, 0.05) is 0 Å². The SMILES string of the molecule is FC1=C(F)[C@@](F)(Br)O[C@]1(F)Br. The quantitative estimate of drug-likeness (QED) is 0.493. The van der Waals surface area contributed by atoms with Gasteiger partial charge in [-0.15, -0.1) is 0 Å². The molecule has 0 fully saturated rings. The molecule has 0 radical (unpaired) electrons. The lowest BCUT2D eigenvalue weighted by Crippen LogP contribution is -2.21. The van der Waals surface area contributed by atoms with Crippen LogP contribution in [0.15, 0.2) is 11.7 Å². The van der Waals surface area contributed by atoms with E-state index in [0.29, 0.717) is 0 Å². The second-order valence-corrected chi connectivity index (χ2v) is 3.80. The van der Waals surface area contributed by atoms with E-state index in [1.54, 1.807) is 0 Å². The Hall–Kier alpha value is 0.380. The third-order valence-electron chi connectivity index (χ3n) is 0.960. The standard InChI is InChI=1S/C4Br2F4O/c5-3(9)1(7)2(8)4(6,10)11-3/t3-,4-/m0/s1. The Morgan fingerprint density at radius 2 is 1.27 bits per heavy atom. The molecule has 1 heterocycles. The number of ether oxygens (including phenoxy) is 1. The molecule has 7 heteroatoms. The van der Waals surface area contributed by atoms with Crippen LogP contribution < -0.4 is 0 Å². The van der Waals surface area contributed by atoms with E-state index in [9.17, 15) is 17.6 Å². The average molecular weight is 300 g/mol. The number of hydrogen-bond donors (Lipinski definition) is 0. The fourth-order valence-corrected chi connectivity index (χ4v) is 1.52. The molecule has 0 N–H and O–H groups in total. The van der Waals surface area contributed by atoms with Crippen molar-refractivity contribution in [3.8, 4) is 0 Å². The van der Waals surface area contributed by atoms with E-state index in [2.05, 4.69) is 4.74 Å². The maximum atomic E-state index is 12.5. The summed E-state index contributed by atoms with van der Waals surface area (Å²) in [4.78, 5) is 0. The maximum Gasteiger partial charge on any atom is 0.324 e. The Kier molecular flexibility index (Phi) is 2.09. The van der Waals surface area contributed by atoms with Crippen LogP contribution in [0.4, 0.5) is 17.6 Å². The summed E-state index contributed by atoms with van der Waals surface area (Å²) in [5.41, 5.74) is 0. The largest absolute Gasteiger partial charge is 0.324 e. The molecule has 1 rings (SSSR count). The van der Waals surface area contributed by atoms with Crippen molar-refractivity contribution in [2.75, 3.05) is 0 Å². The van der Waals surface area contributed by atoms with Crippen molar-refractivity contribution >= 4 is 31.9 Å². The second-order valence-electron chi connectivity index (χ2n) is 1.76. The van der Waals surface area contributed by atoms with Crippen LogP contribution in [-0.2, 0) is 4.74 Å². The average Bonchev–Trinajstić information content (AvgIpc) is 1.91. The molecule has 2 atom stereocenters. The molecular weight excluding hydrogens is 300 g/mol.